The van der Waals surface area contributed by atoms with E-state index in [-0.39, 0.29) is 13.2 Å². The number of thioether (sulfide) groups is 1. The largest absolute Gasteiger partial charge is 0.403 e. The summed E-state index contributed by atoms with van der Waals surface area (Å²) in [5.41, 5.74) is 2.17. The van der Waals surface area contributed by atoms with Crippen LogP contribution in [0.15, 0.2) is 93.5 Å². The maximum absolute atomic E-state index is 12.9. The number of nitrogens with one attached hydrogen (secondary N) is 1. The van der Waals surface area contributed by atoms with E-state index in [4.69, 9.17) is 4.42 Å². The highest BCUT2D eigenvalue weighted by Crippen LogP contribution is 2.30. The van der Waals surface area contributed by atoms with E-state index in [1.165, 1.54) is 0 Å². The first kappa shape index (κ1) is 19.7. The fraction of sp³-hybridized carbons (Fsp3) is 0.0417. The molecule has 0 aliphatic rings. The highest BCUT2D eigenvalue weighted by atomic mass is 32.2. The van der Waals surface area contributed by atoms with Gasteiger partial charge in [-0.25, -0.2) is 9.78 Å². The third kappa shape index (κ3) is 3.77. The average molecular weight is 417 g/mol. The smallest absolute Gasteiger partial charge is 0.347 e. The normalized spacial score (nSPS) is 10.7. The van der Waals surface area contributed by atoms with Crippen LogP contribution in [0.1, 0.15) is 6.99 Å². The Morgan fingerprint density at radius 3 is 2.57 bits per heavy atom. The molecule has 0 saturated heterocycles. The minimum absolute atomic E-state index is 0. The number of amides is 1. The molecule has 0 unspecified atom stereocenters. The second kappa shape index (κ2) is 8.39. The Labute approximate surface area is 179 Å². The van der Waals surface area contributed by atoms with Crippen molar-refractivity contribution < 1.29 is 10.6 Å². The summed E-state index contributed by atoms with van der Waals surface area (Å²) >= 11 is 1.55. The zero-order valence-electron chi connectivity index (χ0n) is 16.2. The number of carbonyl (C=O) groups is 1. The predicted molar refractivity (Wildman–Crippen MR) is 124 cm³/mol. The Bertz CT molecular complexity index is 1330. The molecule has 0 atom stereocenters. The van der Waals surface area contributed by atoms with Gasteiger partial charge >= 0.3 is 5.63 Å². The summed E-state index contributed by atoms with van der Waals surface area (Å²) in [5.74, 6) is -0.197. The number of hydrogen-bond donors (Lipinski definition) is 1. The molecule has 0 aliphatic heterocycles. The standard InChI is InChI=1S/C24H18N2O3S.H2/c1-15(16-9-5-8-14-21(16)30-2)22(27)25-19-12-6-3-10-17(19)23-26-20-13-7-4-11-18(20)24(28)29-23;/h3-14H,1H2,2H3,(H,25,27);1H. The molecular formula is C24H20N2O3S. The van der Waals surface area contributed by atoms with Gasteiger partial charge in [0, 0.05) is 17.5 Å². The summed E-state index contributed by atoms with van der Waals surface area (Å²) in [6.07, 6.45) is 1.95. The van der Waals surface area contributed by atoms with Crippen LogP contribution in [0, 0.1) is 0 Å². The first-order valence-corrected chi connectivity index (χ1v) is 10.4. The third-order valence-corrected chi connectivity index (χ3v) is 5.44. The van der Waals surface area contributed by atoms with Gasteiger partial charge in [0.05, 0.1) is 22.2 Å². The molecule has 3 aromatic carbocycles. The first-order chi connectivity index (χ1) is 14.6. The van der Waals surface area contributed by atoms with Gasteiger partial charge in [0.15, 0.2) is 0 Å². The van der Waals surface area contributed by atoms with Crippen molar-refractivity contribution in [1.82, 2.24) is 4.98 Å². The highest BCUT2D eigenvalue weighted by Gasteiger charge is 2.17. The lowest BCUT2D eigenvalue weighted by Crippen LogP contribution is -2.14. The van der Waals surface area contributed by atoms with Gasteiger partial charge in [-0.15, -0.1) is 11.8 Å². The molecular weight excluding hydrogens is 396 g/mol. The van der Waals surface area contributed by atoms with Gasteiger partial charge in [0.1, 0.15) is 0 Å². The minimum Gasteiger partial charge on any atom is -0.403 e. The fourth-order valence-corrected chi connectivity index (χ4v) is 3.75. The molecule has 0 radical (unpaired) electrons. The molecule has 1 amide bonds. The van der Waals surface area contributed by atoms with Crippen LogP contribution in [0.5, 0.6) is 0 Å². The number of hydrogen-bond acceptors (Lipinski definition) is 5. The molecule has 0 saturated carbocycles. The molecule has 0 fully saturated rings. The molecule has 0 spiro atoms. The monoisotopic (exact) mass is 416 g/mol. The van der Waals surface area contributed by atoms with E-state index in [0.717, 1.165) is 10.5 Å². The molecule has 4 aromatic rings. The summed E-state index contributed by atoms with van der Waals surface area (Å²) in [6.45, 7) is 3.97. The lowest BCUT2D eigenvalue weighted by molar-refractivity contribution is -0.111. The van der Waals surface area contributed by atoms with E-state index in [9.17, 15) is 9.59 Å². The van der Waals surface area contributed by atoms with Crippen LogP contribution in [0.4, 0.5) is 5.69 Å². The van der Waals surface area contributed by atoms with Crippen molar-refractivity contribution in [3.05, 3.63) is 95.4 Å². The van der Waals surface area contributed by atoms with Crippen molar-refractivity contribution in [3.8, 4) is 11.5 Å². The SMILES string of the molecule is C=C(C(=O)Nc1ccccc1-c1nc2ccccc2c(=O)o1)c1ccccc1SC.[HH]. The number of benzene rings is 3. The van der Waals surface area contributed by atoms with Gasteiger partial charge in [0.2, 0.25) is 5.89 Å². The summed E-state index contributed by atoms with van der Waals surface area (Å²) in [5, 5.41) is 3.28. The second-order valence-electron chi connectivity index (χ2n) is 6.50. The number of carbonyl (C=O) groups excluding carboxylic acids is 1. The van der Waals surface area contributed by atoms with Crippen LogP contribution in [-0.2, 0) is 4.79 Å². The molecule has 150 valence electrons. The van der Waals surface area contributed by atoms with E-state index in [1.807, 2.05) is 30.5 Å². The van der Waals surface area contributed by atoms with E-state index in [0.29, 0.717) is 27.7 Å². The summed E-state index contributed by atoms with van der Waals surface area (Å²) in [7, 11) is 0. The van der Waals surface area contributed by atoms with Crippen molar-refractivity contribution >= 4 is 39.8 Å². The van der Waals surface area contributed by atoms with E-state index < -0.39 is 5.63 Å². The van der Waals surface area contributed by atoms with Crippen molar-refractivity contribution in [1.29, 1.82) is 0 Å². The molecule has 1 aromatic heterocycles. The molecule has 1 N–H and O–H groups in total. The number of aromatic nitrogens is 1. The Morgan fingerprint density at radius 1 is 1.03 bits per heavy atom. The number of fused-ring (bicyclic) bond motifs is 1. The van der Waals surface area contributed by atoms with Crippen LogP contribution in [0.2, 0.25) is 0 Å². The third-order valence-electron chi connectivity index (χ3n) is 4.65. The predicted octanol–water partition coefficient (Wildman–Crippen LogP) is 5.47. The first-order valence-electron chi connectivity index (χ1n) is 9.21. The van der Waals surface area contributed by atoms with Crippen molar-refractivity contribution in [2.45, 2.75) is 4.90 Å². The number of anilines is 1. The molecule has 0 bridgehead atoms. The van der Waals surface area contributed by atoms with Gasteiger partial charge in [-0.2, -0.15) is 0 Å². The number of rotatable bonds is 5. The fourth-order valence-electron chi connectivity index (χ4n) is 3.13. The molecule has 1 heterocycles. The van der Waals surface area contributed by atoms with Crippen LogP contribution in [0.3, 0.4) is 0 Å². The quantitative estimate of drug-likeness (QED) is 0.345. The molecule has 5 nitrogen and oxygen atoms in total. The number of nitrogens with zero attached hydrogens (tertiary/aromatic N) is 1. The van der Waals surface area contributed by atoms with Crippen LogP contribution in [0.25, 0.3) is 27.9 Å². The second-order valence-corrected chi connectivity index (χ2v) is 7.35. The maximum atomic E-state index is 12.9. The van der Waals surface area contributed by atoms with Gasteiger partial charge in [-0.1, -0.05) is 49.0 Å². The van der Waals surface area contributed by atoms with E-state index in [2.05, 4.69) is 16.9 Å². The maximum Gasteiger partial charge on any atom is 0.347 e. The van der Waals surface area contributed by atoms with Crippen LogP contribution < -0.4 is 10.9 Å². The van der Waals surface area contributed by atoms with Gasteiger partial charge in [0.25, 0.3) is 5.91 Å². The average Bonchev–Trinajstić information content (AvgIpc) is 2.79. The lowest BCUT2D eigenvalue weighted by atomic mass is 10.1. The zero-order chi connectivity index (χ0) is 21.1. The topological polar surface area (TPSA) is 72.2 Å². The Morgan fingerprint density at radius 2 is 1.73 bits per heavy atom. The Kier molecular flexibility index (Phi) is 5.50. The highest BCUT2D eigenvalue weighted by molar-refractivity contribution is 7.98. The van der Waals surface area contributed by atoms with Crippen LogP contribution >= 0.6 is 11.8 Å². The lowest BCUT2D eigenvalue weighted by Gasteiger charge is -2.13. The molecule has 0 aliphatic carbocycles. The van der Waals surface area contributed by atoms with E-state index >= 15 is 0 Å². The van der Waals surface area contributed by atoms with Gasteiger partial charge in [-0.05, 0) is 36.6 Å². The minimum atomic E-state index is -0.477. The van der Waals surface area contributed by atoms with Crippen LogP contribution in [-0.4, -0.2) is 17.1 Å². The van der Waals surface area contributed by atoms with E-state index in [1.54, 1.807) is 60.3 Å². The van der Waals surface area contributed by atoms with Gasteiger partial charge < -0.3 is 9.73 Å². The Balaban J connectivity index is 0.00000272. The summed E-state index contributed by atoms with van der Waals surface area (Å²) < 4.78 is 5.44. The summed E-state index contributed by atoms with van der Waals surface area (Å²) in [4.78, 5) is 30.7. The Hall–Kier alpha value is -3.64. The number of para-hydroxylation sites is 2. The molecule has 4 rings (SSSR count). The molecule has 6 heteroatoms. The zero-order valence-corrected chi connectivity index (χ0v) is 17.0. The van der Waals surface area contributed by atoms with Crippen molar-refractivity contribution in [2.24, 2.45) is 0 Å². The van der Waals surface area contributed by atoms with Crippen molar-refractivity contribution in [2.75, 3.05) is 11.6 Å². The molecule has 30 heavy (non-hydrogen) atoms. The van der Waals surface area contributed by atoms with Gasteiger partial charge in [-0.3, -0.25) is 4.79 Å². The van der Waals surface area contributed by atoms with Crippen molar-refractivity contribution in [3.63, 3.8) is 0 Å². The summed E-state index contributed by atoms with van der Waals surface area (Å²) in [6, 6.07) is 21.6.